The third-order valence-electron chi connectivity index (χ3n) is 6.73. The highest BCUT2D eigenvalue weighted by Gasteiger charge is 2.21. The summed E-state index contributed by atoms with van der Waals surface area (Å²) in [7, 11) is -4.18. The molecule has 0 aliphatic heterocycles. The Morgan fingerprint density at radius 1 is 0.833 bits per heavy atom. The third-order valence-corrected chi connectivity index (χ3v) is 7.45. The van der Waals surface area contributed by atoms with E-state index in [-0.39, 0.29) is 26.0 Å². The largest absolute Gasteiger partial charge is 0.494 e. The fourth-order valence-corrected chi connectivity index (χ4v) is 4.65. The first-order valence-corrected chi connectivity index (χ1v) is 16.0. The van der Waals surface area contributed by atoms with Crippen LogP contribution in [0.2, 0.25) is 0 Å². The second-order valence-electron chi connectivity index (χ2n) is 10.2. The summed E-state index contributed by atoms with van der Waals surface area (Å²) in [4.78, 5) is 23.2. The minimum atomic E-state index is -4.18. The van der Waals surface area contributed by atoms with Gasteiger partial charge in [-0.05, 0) is 54.7 Å². The lowest BCUT2D eigenvalue weighted by atomic mass is 10.0. The van der Waals surface area contributed by atoms with Gasteiger partial charge in [0.15, 0.2) is 0 Å². The molecule has 1 amide bonds. The van der Waals surface area contributed by atoms with E-state index in [0.29, 0.717) is 18.8 Å². The summed E-state index contributed by atoms with van der Waals surface area (Å²) in [5.74, 6) is -2.36. The second-order valence-corrected chi connectivity index (χ2v) is 11.7. The van der Waals surface area contributed by atoms with Crippen LogP contribution in [0.5, 0.6) is 5.75 Å². The molecule has 1 unspecified atom stereocenters. The number of hydrogen-bond acceptors (Lipinski definition) is 7. The van der Waals surface area contributed by atoms with Gasteiger partial charge in [0.2, 0.25) is 5.91 Å². The molecular formula is C31H42N2O8S. The van der Waals surface area contributed by atoms with Crippen LogP contribution in [0.4, 0.5) is 0 Å². The van der Waals surface area contributed by atoms with E-state index in [0.717, 1.165) is 61.8 Å². The first kappa shape index (κ1) is 34.7. The summed E-state index contributed by atoms with van der Waals surface area (Å²) in [6.45, 7) is 1.19. The van der Waals surface area contributed by atoms with E-state index in [1.54, 1.807) is 0 Å². The number of benzene rings is 2. The minimum Gasteiger partial charge on any atom is -0.494 e. The summed E-state index contributed by atoms with van der Waals surface area (Å²) in [6, 6.07) is 17.6. The molecule has 10 nitrogen and oxygen atoms in total. The number of rotatable bonds is 22. The Kier molecular flexibility index (Phi) is 16.2. The molecule has 0 aliphatic rings. The van der Waals surface area contributed by atoms with Crippen LogP contribution in [0.15, 0.2) is 48.5 Å². The van der Waals surface area contributed by atoms with Gasteiger partial charge in [-0.2, -0.15) is 13.7 Å². The van der Waals surface area contributed by atoms with Crippen molar-refractivity contribution < 1.29 is 37.1 Å². The van der Waals surface area contributed by atoms with Gasteiger partial charge in [0.25, 0.3) is 10.1 Å². The van der Waals surface area contributed by atoms with Crippen molar-refractivity contribution in [2.75, 3.05) is 32.1 Å². The minimum absolute atomic E-state index is 0.189. The number of carboxylic acid groups (broad SMARTS) is 1. The number of unbranched alkanes of at least 4 members (excludes halogenated alkanes) is 7. The lowest BCUT2D eigenvalue weighted by Gasteiger charge is -2.12. The van der Waals surface area contributed by atoms with E-state index in [4.69, 9.17) is 19.3 Å². The van der Waals surface area contributed by atoms with Gasteiger partial charge in [-0.25, -0.2) is 0 Å². The van der Waals surface area contributed by atoms with Gasteiger partial charge in [-0.3, -0.25) is 14.1 Å². The molecule has 3 N–H and O–H groups in total. The van der Waals surface area contributed by atoms with Crippen LogP contribution in [0.3, 0.4) is 0 Å². The van der Waals surface area contributed by atoms with Crippen LogP contribution < -0.4 is 10.1 Å². The fourth-order valence-electron chi connectivity index (χ4n) is 4.29. The Labute approximate surface area is 248 Å². The van der Waals surface area contributed by atoms with Crippen molar-refractivity contribution >= 4 is 22.0 Å². The molecule has 0 aliphatic carbocycles. The summed E-state index contributed by atoms with van der Waals surface area (Å²) < 4.78 is 41.4. The molecule has 1 atom stereocenters. The maximum absolute atomic E-state index is 11.8. The maximum atomic E-state index is 11.8. The highest BCUT2D eigenvalue weighted by atomic mass is 32.2. The van der Waals surface area contributed by atoms with Crippen molar-refractivity contribution in [1.29, 1.82) is 5.26 Å². The highest BCUT2D eigenvalue weighted by Crippen LogP contribution is 2.23. The zero-order valence-electron chi connectivity index (χ0n) is 24.0. The van der Waals surface area contributed by atoms with Gasteiger partial charge in [-0.15, -0.1) is 0 Å². The van der Waals surface area contributed by atoms with Crippen molar-refractivity contribution in [3.8, 4) is 22.9 Å². The fraction of sp³-hybridized carbons (Fsp3) is 0.516. The van der Waals surface area contributed by atoms with E-state index >= 15 is 0 Å². The van der Waals surface area contributed by atoms with Crippen molar-refractivity contribution in [2.24, 2.45) is 5.92 Å². The van der Waals surface area contributed by atoms with E-state index in [2.05, 4.69) is 11.4 Å². The molecule has 2 aromatic rings. The summed E-state index contributed by atoms with van der Waals surface area (Å²) >= 11 is 0. The van der Waals surface area contributed by atoms with Crippen molar-refractivity contribution in [1.82, 2.24) is 5.32 Å². The molecule has 0 radical (unpaired) electrons. The first-order chi connectivity index (χ1) is 20.2. The van der Waals surface area contributed by atoms with Crippen molar-refractivity contribution in [3.05, 3.63) is 54.1 Å². The van der Waals surface area contributed by atoms with Gasteiger partial charge < -0.3 is 19.9 Å². The number of hydrogen-bond donors (Lipinski definition) is 3. The van der Waals surface area contributed by atoms with Gasteiger partial charge in [-0.1, -0.05) is 62.8 Å². The molecule has 11 heteroatoms. The molecule has 230 valence electrons. The molecule has 0 spiro atoms. The lowest BCUT2D eigenvalue weighted by molar-refractivity contribution is -0.144. The van der Waals surface area contributed by atoms with Gasteiger partial charge >= 0.3 is 5.97 Å². The molecule has 42 heavy (non-hydrogen) atoms. The molecule has 0 bridgehead atoms. The Hall–Kier alpha value is -3.46. The average molecular weight is 603 g/mol. The number of ether oxygens (including phenoxy) is 2. The molecule has 0 saturated heterocycles. The van der Waals surface area contributed by atoms with Crippen LogP contribution >= 0.6 is 0 Å². The zero-order valence-corrected chi connectivity index (χ0v) is 24.8. The highest BCUT2D eigenvalue weighted by molar-refractivity contribution is 7.85. The standard InChI is InChI=1S/C31H42N2O8S/c32-24-25-9-11-26(12-10-25)27-13-15-29(16-14-27)41-20-8-6-4-2-1-3-5-7-19-40-21-17-28(31(35)36)23-30(34)33-18-22-42(37,38)39/h9-16,28H,1-8,17-23H2,(H,33,34)(H,35,36)(H,37,38,39). The molecule has 2 aromatic carbocycles. The zero-order chi connectivity index (χ0) is 30.6. The van der Waals surface area contributed by atoms with E-state index in [1.807, 2.05) is 48.5 Å². The van der Waals surface area contributed by atoms with E-state index in [1.165, 1.54) is 6.42 Å². The van der Waals surface area contributed by atoms with Gasteiger partial charge in [0, 0.05) is 26.2 Å². The number of nitrogens with one attached hydrogen (secondary N) is 1. The van der Waals surface area contributed by atoms with E-state index in [9.17, 15) is 23.1 Å². The molecular weight excluding hydrogens is 560 g/mol. The predicted molar refractivity (Wildman–Crippen MR) is 160 cm³/mol. The molecule has 2 rings (SSSR count). The average Bonchev–Trinajstić information content (AvgIpc) is 2.96. The van der Waals surface area contributed by atoms with Crippen LogP contribution in [-0.4, -0.2) is 62.1 Å². The van der Waals surface area contributed by atoms with Crippen molar-refractivity contribution in [3.63, 3.8) is 0 Å². The lowest BCUT2D eigenvalue weighted by Crippen LogP contribution is -2.32. The molecule has 0 heterocycles. The van der Waals surface area contributed by atoms with E-state index < -0.39 is 33.7 Å². The summed E-state index contributed by atoms with van der Waals surface area (Å²) in [6.07, 6.45) is 8.60. The van der Waals surface area contributed by atoms with Crippen molar-refractivity contribution in [2.45, 2.75) is 64.2 Å². The van der Waals surface area contributed by atoms with Gasteiger partial charge in [0.05, 0.1) is 29.9 Å². The molecule has 0 aromatic heterocycles. The first-order valence-electron chi connectivity index (χ1n) is 14.4. The summed E-state index contributed by atoms with van der Waals surface area (Å²) in [5.41, 5.74) is 2.80. The Balaban J connectivity index is 1.42. The smallest absolute Gasteiger partial charge is 0.307 e. The SMILES string of the molecule is N#Cc1ccc(-c2ccc(OCCCCCCCCCCOCCC(CC(=O)NCCS(=O)(=O)O)C(=O)O)cc2)cc1. The topological polar surface area (TPSA) is 163 Å². The molecule has 0 saturated carbocycles. The van der Waals surface area contributed by atoms with Crippen LogP contribution in [0.1, 0.15) is 69.8 Å². The number of carbonyl (C=O) groups excluding carboxylic acids is 1. The number of aliphatic carboxylic acids is 1. The third kappa shape index (κ3) is 15.5. The number of amides is 1. The Morgan fingerprint density at radius 3 is 1.93 bits per heavy atom. The molecule has 0 fully saturated rings. The maximum Gasteiger partial charge on any atom is 0.307 e. The quantitative estimate of drug-likeness (QED) is 0.121. The van der Waals surface area contributed by atoms with Crippen LogP contribution in [0, 0.1) is 17.2 Å². The summed E-state index contributed by atoms with van der Waals surface area (Å²) in [5, 5.41) is 20.5. The predicted octanol–water partition coefficient (Wildman–Crippen LogP) is 5.23. The normalized spacial score (nSPS) is 11.9. The van der Waals surface area contributed by atoms with Crippen LogP contribution in [-0.2, 0) is 24.4 Å². The second kappa shape index (κ2) is 19.6. The monoisotopic (exact) mass is 602 g/mol. The van der Waals surface area contributed by atoms with Crippen LogP contribution in [0.25, 0.3) is 11.1 Å². The number of nitriles is 1. The Morgan fingerprint density at radius 2 is 1.38 bits per heavy atom. The number of carboxylic acids is 1. The number of nitrogens with zero attached hydrogens (tertiary/aromatic N) is 1. The Bertz CT molecular complexity index is 1230. The number of carbonyl (C=O) groups is 2. The van der Waals surface area contributed by atoms with Gasteiger partial charge in [0.1, 0.15) is 5.75 Å².